The second-order valence-electron chi connectivity index (χ2n) is 9.39. The molecule has 0 aliphatic heterocycles. The molecule has 0 aromatic heterocycles. The predicted octanol–water partition coefficient (Wildman–Crippen LogP) is 5.09. The minimum atomic E-state index is -0.763. The molecule has 1 aliphatic carbocycles. The van der Waals surface area contributed by atoms with Crippen LogP contribution in [0.15, 0.2) is 48.5 Å². The maximum atomic E-state index is 12.7. The quantitative estimate of drug-likeness (QED) is 0.346. The molecule has 0 bridgehead atoms. The molecule has 0 fully saturated rings. The molecular formula is C28H36N2O5. The fraction of sp³-hybridized carbons (Fsp3) is 0.464. The molecule has 35 heavy (non-hydrogen) atoms. The van der Waals surface area contributed by atoms with Crippen molar-refractivity contribution in [3.05, 3.63) is 59.7 Å². The summed E-state index contributed by atoms with van der Waals surface area (Å²) in [7, 11) is 0. The number of rotatable bonds is 13. The lowest BCUT2D eigenvalue weighted by atomic mass is 9.98. The van der Waals surface area contributed by atoms with Gasteiger partial charge in [0.15, 0.2) is 0 Å². The largest absolute Gasteiger partial charge is 0.481 e. The first-order chi connectivity index (χ1) is 16.9. The third kappa shape index (κ3) is 7.31. The van der Waals surface area contributed by atoms with Crippen LogP contribution in [0.2, 0.25) is 0 Å². The Balaban J connectivity index is 1.45. The number of carboxylic acids is 1. The van der Waals surface area contributed by atoms with Gasteiger partial charge in [-0.1, -0.05) is 81.6 Å². The first-order valence-corrected chi connectivity index (χ1v) is 12.5. The number of hydrogen-bond acceptors (Lipinski definition) is 4. The molecule has 0 saturated carbocycles. The summed E-state index contributed by atoms with van der Waals surface area (Å²) < 4.78 is 5.60. The number of aliphatic carboxylic acids is 1. The summed E-state index contributed by atoms with van der Waals surface area (Å²) in [5.41, 5.74) is 4.61. The van der Waals surface area contributed by atoms with Crippen molar-refractivity contribution in [2.45, 2.75) is 64.3 Å². The highest BCUT2D eigenvalue weighted by Gasteiger charge is 2.30. The highest BCUT2D eigenvalue weighted by molar-refractivity contribution is 5.86. The Morgan fingerprint density at radius 2 is 1.46 bits per heavy atom. The van der Waals surface area contributed by atoms with Crippen LogP contribution < -0.4 is 10.6 Å². The first kappa shape index (κ1) is 26.3. The Bertz CT molecular complexity index is 974. The maximum Gasteiger partial charge on any atom is 0.407 e. The van der Waals surface area contributed by atoms with E-state index in [0.717, 1.165) is 36.8 Å². The van der Waals surface area contributed by atoms with Gasteiger partial charge in [0.25, 0.3) is 0 Å². The van der Waals surface area contributed by atoms with E-state index >= 15 is 0 Å². The monoisotopic (exact) mass is 480 g/mol. The summed E-state index contributed by atoms with van der Waals surface area (Å²) in [6, 6.07) is 15.6. The van der Waals surface area contributed by atoms with Crippen molar-refractivity contribution < 1.29 is 24.2 Å². The number of fused-ring (bicyclic) bond motifs is 3. The van der Waals surface area contributed by atoms with E-state index in [0.29, 0.717) is 13.0 Å². The number of benzene rings is 2. The minimum absolute atomic E-state index is 0.0324. The van der Waals surface area contributed by atoms with Crippen LogP contribution in [0.3, 0.4) is 0 Å². The van der Waals surface area contributed by atoms with Gasteiger partial charge in [-0.3, -0.25) is 9.59 Å². The van der Waals surface area contributed by atoms with Gasteiger partial charge in [-0.25, -0.2) is 4.79 Å². The van der Waals surface area contributed by atoms with Gasteiger partial charge in [-0.2, -0.15) is 0 Å². The summed E-state index contributed by atoms with van der Waals surface area (Å²) in [6.07, 6.45) is 3.84. The molecule has 0 spiro atoms. The molecule has 1 atom stereocenters. The van der Waals surface area contributed by atoms with Crippen LogP contribution in [0, 0.1) is 5.92 Å². The summed E-state index contributed by atoms with van der Waals surface area (Å²) in [5.74, 6) is -1.11. The van der Waals surface area contributed by atoms with Gasteiger partial charge >= 0.3 is 12.1 Å². The molecule has 7 heteroatoms. The Labute approximate surface area is 207 Å². The molecule has 1 unspecified atom stereocenters. The smallest absolute Gasteiger partial charge is 0.407 e. The Hall–Kier alpha value is -3.35. The van der Waals surface area contributed by atoms with Crippen LogP contribution in [0.1, 0.15) is 69.4 Å². The molecule has 3 N–H and O–H groups in total. The van der Waals surface area contributed by atoms with Crippen molar-refractivity contribution in [2.75, 3.05) is 13.2 Å². The number of nitrogens with one attached hydrogen (secondary N) is 2. The van der Waals surface area contributed by atoms with Gasteiger partial charge < -0.3 is 20.5 Å². The number of alkyl carbamates (subject to hydrolysis) is 1. The molecule has 3 rings (SSSR count). The number of amides is 2. The summed E-state index contributed by atoms with van der Waals surface area (Å²) in [5, 5.41) is 14.3. The van der Waals surface area contributed by atoms with Crippen LogP contribution in [-0.4, -0.2) is 42.3 Å². The van der Waals surface area contributed by atoms with Crippen molar-refractivity contribution in [1.82, 2.24) is 10.6 Å². The van der Waals surface area contributed by atoms with Crippen molar-refractivity contribution >= 4 is 18.0 Å². The topological polar surface area (TPSA) is 105 Å². The van der Waals surface area contributed by atoms with Crippen LogP contribution in [0.4, 0.5) is 4.79 Å². The van der Waals surface area contributed by atoms with Crippen LogP contribution >= 0.6 is 0 Å². The molecule has 188 valence electrons. The fourth-order valence-electron chi connectivity index (χ4n) is 4.56. The average molecular weight is 481 g/mol. The number of ether oxygens (including phenoxy) is 1. The second kappa shape index (κ2) is 12.9. The number of carboxylic acid groups (broad SMARTS) is 1. The van der Waals surface area contributed by atoms with Crippen molar-refractivity contribution in [3.63, 3.8) is 0 Å². The third-order valence-corrected chi connectivity index (χ3v) is 6.43. The lowest BCUT2D eigenvalue weighted by molar-refractivity contribution is -0.137. The van der Waals surface area contributed by atoms with E-state index in [1.165, 1.54) is 11.1 Å². The van der Waals surface area contributed by atoms with Gasteiger partial charge in [0.05, 0.1) is 0 Å². The van der Waals surface area contributed by atoms with Crippen molar-refractivity contribution in [1.29, 1.82) is 0 Å². The van der Waals surface area contributed by atoms with Crippen LogP contribution in [-0.2, 0) is 14.3 Å². The number of unbranched alkanes of at least 4 members (excludes halogenated alkanes) is 4. The van der Waals surface area contributed by atoms with Gasteiger partial charge in [0.2, 0.25) is 5.91 Å². The summed E-state index contributed by atoms with van der Waals surface area (Å²) >= 11 is 0. The molecule has 2 aromatic carbocycles. The van der Waals surface area contributed by atoms with Crippen molar-refractivity contribution in [2.24, 2.45) is 5.92 Å². The second-order valence-corrected chi connectivity index (χ2v) is 9.39. The summed E-state index contributed by atoms with van der Waals surface area (Å²) in [4.78, 5) is 35.8. The van der Waals surface area contributed by atoms with Crippen LogP contribution in [0.5, 0.6) is 0 Å². The lowest BCUT2D eigenvalue weighted by Crippen LogP contribution is -2.50. The highest BCUT2D eigenvalue weighted by Crippen LogP contribution is 2.44. The molecule has 2 aromatic rings. The van der Waals surface area contributed by atoms with Gasteiger partial charge in [-0.05, 0) is 41.0 Å². The molecule has 1 aliphatic rings. The number of hydrogen-bond donors (Lipinski definition) is 3. The normalized spacial score (nSPS) is 13.1. The van der Waals surface area contributed by atoms with E-state index in [2.05, 4.69) is 34.9 Å². The Kier molecular flexibility index (Phi) is 9.70. The van der Waals surface area contributed by atoms with Gasteiger partial charge in [0, 0.05) is 18.9 Å². The predicted molar refractivity (Wildman–Crippen MR) is 135 cm³/mol. The van der Waals surface area contributed by atoms with E-state index < -0.39 is 18.1 Å². The van der Waals surface area contributed by atoms with E-state index in [4.69, 9.17) is 9.84 Å². The molecule has 0 radical (unpaired) electrons. The molecule has 0 heterocycles. The number of carbonyl (C=O) groups excluding carboxylic acids is 2. The zero-order valence-electron chi connectivity index (χ0n) is 20.6. The first-order valence-electron chi connectivity index (χ1n) is 12.5. The van der Waals surface area contributed by atoms with Crippen LogP contribution in [0.25, 0.3) is 11.1 Å². The molecule has 7 nitrogen and oxygen atoms in total. The molecule has 0 saturated heterocycles. The zero-order valence-corrected chi connectivity index (χ0v) is 20.6. The minimum Gasteiger partial charge on any atom is -0.481 e. The maximum absolute atomic E-state index is 12.7. The Morgan fingerprint density at radius 3 is 2.06 bits per heavy atom. The third-order valence-electron chi connectivity index (χ3n) is 6.43. The van der Waals surface area contributed by atoms with E-state index in [9.17, 15) is 14.4 Å². The van der Waals surface area contributed by atoms with Gasteiger partial charge in [0.1, 0.15) is 12.6 Å². The Morgan fingerprint density at radius 1 is 0.886 bits per heavy atom. The van der Waals surface area contributed by atoms with Gasteiger partial charge in [-0.15, -0.1) is 0 Å². The summed E-state index contributed by atoms with van der Waals surface area (Å²) in [6.45, 7) is 4.49. The van der Waals surface area contributed by atoms with E-state index in [1.54, 1.807) is 0 Å². The SMILES string of the molecule is CC(C)C(NC(=O)OCC1c2ccccc2-c2ccccc21)C(=O)NCCCCCCCC(=O)O. The van der Waals surface area contributed by atoms with E-state index in [-0.39, 0.29) is 30.8 Å². The highest BCUT2D eigenvalue weighted by atomic mass is 16.5. The number of carbonyl (C=O) groups is 3. The van der Waals surface area contributed by atoms with E-state index in [1.807, 2.05) is 38.1 Å². The fourth-order valence-corrected chi connectivity index (χ4v) is 4.56. The molecule has 2 amide bonds. The van der Waals surface area contributed by atoms with Crippen molar-refractivity contribution in [3.8, 4) is 11.1 Å². The standard InChI is InChI=1S/C28H36N2O5/c1-19(2)26(27(33)29-17-11-5-3-4-6-16-25(31)32)30-28(34)35-18-24-22-14-9-7-12-20(22)21-13-8-10-15-23(21)24/h7-10,12-15,19,24,26H,3-6,11,16-18H2,1-2H3,(H,29,33)(H,30,34)(H,31,32). The molecular weight excluding hydrogens is 444 g/mol. The zero-order chi connectivity index (χ0) is 25.2. The average Bonchev–Trinajstić information content (AvgIpc) is 3.16. The lowest BCUT2D eigenvalue weighted by Gasteiger charge is -2.22.